The molecule has 27 nitrogen and oxygen atoms in total. The molecule has 4 heterocycles. The minimum atomic E-state index is -3.19. The lowest BCUT2D eigenvalue weighted by molar-refractivity contribution is -0.141. The van der Waals surface area contributed by atoms with Crippen molar-refractivity contribution < 1.29 is 81.4 Å². The summed E-state index contributed by atoms with van der Waals surface area (Å²) in [6, 6.07) is 6.67. The van der Waals surface area contributed by atoms with E-state index in [1.807, 2.05) is 4.90 Å². The van der Waals surface area contributed by atoms with E-state index in [9.17, 15) is 67.7 Å². The quantitative estimate of drug-likeness (QED) is 0.0472. The van der Waals surface area contributed by atoms with E-state index in [0.29, 0.717) is 102 Å². The zero-order chi connectivity index (χ0) is 57.9. The molecule has 0 saturated carbocycles. The number of pyridine rings is 1. The summed E-state index contributed by atoms with van der Waals surface area (Å²) < 4.78 is 49.7. The summed E-state index contributed by atoms with van der Waals surface area (Å²) in [5.41, 5.74) is 0.788. The van der Waals surface area contributed by atoms with Crippen molar-refractivity contribution in [2.45, 2.75) is 31.2 Å². The number of aromatic nitrogens is 1. The van der Waals surface area contributed by atoms with Crippen molar-refractivity contribution >= 4 is 64.0 Å². The molecule has 29 heteroatoms. The monoisotopic (exact) mass is 1130 g/mol. The first-order chi connectivity index (χ1) is 38.4. The second kappa shape index (κ2) is 33.8. The van der Waals surface area contributed by atoms with Crippen molar-refractivity contribution in [3.63, 3.8) is 0 Å². The number of nitrogens with one attached hydrogen (secondary N) is 3. The van der Waals surface area contributed by atoms with E-state index in [4.69, 9.17) is 18.9 Å². The van der Waals surface area contributed by atoms with E-state index < -0.39 is 61.2 Å². The number of fused-ring (bicyclic) bond motifs is 1. The van der Waals surface area contributed by atoms with Crippen LogP contribution in [0.3, 0.4) is 0 Å². The predicted molar refractivity (Wildman–Crippen MR) is 281 cm³/mol. The number of aliphatic carboxylic acids is 3. The van der Waals surface area contributed by atoms with Crippen LogP contribution in [0.25, 0.3) is 10.9 Å². The molecule has 1 atom stereocenters. The van der Waals surface area contributed by atoms with E-state index in [2.05, 4.69) is 25.8 Å². The second-order valence-electron chi connectivity index (χ2n) is 19.3. The number of rotatable bonds is 30. The van der Waals surface area contributed by atoms with Gasteiger partial charge in [-0.15, -0.1) is 0 Å². The molecule has 0 aliphatic carbocycles. The van der Waals surface area contributed by atoms with Gasteiger partial charge in [0, 0.05) is 116 Å². The largest absolute Gasteiger partial charge is 0.480 e. The molecule has 6 N–H and O–H groups in total. The third-order valence-corrected chi connectivity index (χ3v) is 13.3. The second-order valence-corrected chi connectivity index (χ2v) is 19.3. The molecule has 3 aliphatic heterocycles. The van der Waals surface area contributed by atoms with Gasteiger partial charge in [-0.3, -0.25) is 67.8 Å². The van der Waals surface area contributed by atoms with Crippen LogP contribution in [0, 0.1) is 11.3 Å². The average molecular weight is 1130 g/mol. The fourth-order valence-corrected chi connectivity index (χ4v) is 9.07. The van der Waals surface area contributed by atoms with Gasteiger partial charge in [0.25, 0.3) is 11.8 Å². The molecule has 0 bridgehead atoms. The van der Waals surface area contributed by atoms with Crippen LogP contribution < -0.4 is 16.0 Å². The number of para-hydroxylation sites is 1. The fraction of sp³-hybridized carbons (Fsp3) is 0.647. The molecular weight excluding hydrogens is 1060 g/mol. The van der Waals surface area contributed by atoms with Crippen molar-refractivity contribution in [1.29, 1.82) is 5.26 Å². The Kier molecular flexibility index (Phi) is 27.2. The minimum Gasteiger partial charge on any atom is -0.480 e. The number of alkyl halides is 2. The summed E-state index contributed by atoms with van der Waals surface area (Å²) in [5.74, 6) is -8.36. The minimum absolute atomic E-state index is 0.0134. The number of halogens is 2. The Hall–Kier alpha value is -6.62. The number of piperazine rings is 1. The van der Waals surface area contributed by atoms with Gasteiger partial charge in [-0.2, -0.15) is 5.26 Å². The smallest absolute Gasteiger partial charge is 0.317 e. The Labute approximate surface area is 461 Å². The van der Waals surface area contributed by atoms with Gasteiger partial charge in [0.05, 0.1) is 121 Å². The van der Waals surface area contributed by atoms with E-state index in [0.717, 1.165) is 4.90 Å². The van der Waals surface area contributed by atoms with Gasteiger partial charge in [-0.1, -0.05) is 12.1 Å². The highest BCUT2D eigenvalue weighted by Crippen LogP contribution is 2.32. The average Bonchev–Trinajstić information content (AvgIpc) is 3.81. The van der Waals surface area contributed by atoms with Crippen molar-refractivity contribution in [2.75, 3.05) is 189 Å². The van der Waals surface area contributed by atoms with Gasteiger partial charge in [-0.05, 0) is 12.1 Å². The van der Waals surface area contributed by atoms with E-state index in [-0.39, 0.29) is 122 Å². The number of carbonyl (C=O) groups excluding carboxylic acids is 5. The van der Waals surface area contributed by atoms with Gasteiger partial charge < -0.3 is 60.0 Å². The number of carboxylic acid groups (broad SMARTS) is 3. The highest BCUT2D eigenvalue weighted by atomic mass is 19.3. The van der Waals surface area contributed by atoms with E-state index >= 15 is 0 Å². The SMILES string of the molecule is N#C[C@@H]1CC(F)(F)CN1C(=O)CNC(=O)c1ccnc2c(NC(=O)CCOCCOCCOCCOCCC(=O)NCCN3CCN(C(=O)CN4CCN(CC(=O)O)CCN(CC(=O)O)CCN(CC(=O)O)CC4)CC3)cccc12. The summed E-state index contributed by atoms with van der Waals surface area (Å²) in [6.45, 7) is 5.54. The summed E-state index contributed by atoms with van der Waals surface area (Å²) >= 11 is 0. The van der Waals surface area contributed by atoms with Crippen LogP contribution in [0.2, 0.25) is 0 Å². The first kappa shape index (κ1) is 64.2. The van der Waals surface area contributed by atoms with Gasteiger partial charge >= 0.3 is 17.9 Å². The maximum absolute atomic E-state index is 13.8. The number of hydrogen-bond donors (Lipinski definition) is 6. The summed E-state index contributed by atoms with van der Waals surface area (Å²) in [6.07, 6.45) is 0.780. The molecule has 3 aliphatic rings. The standard InChI is InChI=1S/C51H74F2N12O15/c52-51(53)30-38(31-54)65(37-51)44(68)32-57-50(76)40-4-7-56-49-39(40)2-1-3-41(49)58-43(67)6-23-78-25-27-80-29-28-79-26-24-77-22-5-42(66)55-8-9-59-18-20-64(21-19-59)45(69)33-60-10-12-61(34-46(70)71)14-16-63(36-48(74)75)17-15-62(13-11-60)35-47(72)73/h1-4,7,38H,5-6,8-30,32-37H2,(H,55,66)(H,57,76)(H,58,67)(H,70,71)(H,72,73)(H,74,75)/t38-/m0/s1. The lowest BCUT2D eigenvalue weighted by Crippen LogP contribution is -2.53. The molecule has 5 amide bonds. The number of nitrogens with zero attached hydrogens (tertiary/aromatic N) is 9. The number of carbonyl (C=O) groups is 8. The van der Waals surface area contributed by atoms with Crippen molar-refractivity contribution in [1.82, 2.24) is 49.9 Å². The molecule has 0 spiro atoms. The molecule has 1 aromatic carbocycles. The number of hydrogen-bond acceptors (Lipinski definition) is 19. The van der Waals surface area contributed by atoms with Gasteiger partial charge in [0.2, 0.25) is 23.6 Å². The Morgan fingerprint density at radius 1 is 0.625 bits per heavy atom. The highest BCUT2D eigenvalue weighted by molar-refractivity contribution is 6.10. The van der Waals surface area contributed by atoms with Crippen LogP contribution >= 0.6 is 0 Å². The predicted octanol–water partition coefficient (Wildman–Crippen LogP) is -1.75. The molecule has 2 aromatic rings. The number of carboxylic acids is 3. The lowest BCUT2D eigenvalue weighted by Gasteiger charge is -2.37. The maximum Gasteiger partial charge on any atom is 0.317 e. The Morgan fingerprint density at radius 3 is 1.62 bits per heavy atom. The zero-order valence-corrected chi connectivity index (χ0v) is 44.9. The first-order valence-corrected chi connectivity index (χ1v) is 26.5. The molecule has 3 fully saturated rings. The van der Waals surface area contributed by atoms with Crippen LogP contribution in [-0.2, 0) is 52.5 Å². The normalized spacial score (nSPS) is 18.2. The molecule has 5 rings (SSSR count). The number of ether oxygens (including phenoxy) is 4. The fourth-order valence-electron chi connectivity index (χ4n) is 9.07. The summed E-state index contributed by atoms with van der Waals surface area (Å²) in [4.78, 5) is 115. The zero-order valence-electron chi connectivity index (χ0n) is 44.9. The van der Waals surface area contributed by atoms with Crippen molar-refractivity contribution in [2.24, 2.45) is 0 Å². The Morgan fingerprint density at radius 2 is 1.11 bits per heavy atom. The molecular formula is C51H74F2N12O15. The number of amides is 5. The summed E-state index contributed by atoms with van der Waals surface area (Å²) in [5, 5.41) is 46.0. The van der Waals surface area contributed by atoms with Crippen LogP contribution in [-0.4, -0.2) is 298 Å². The number of benzene rings is 1. The van der Waals surface area contributed by atoms with Crippen LogP contribution in [0.5, 0.6) is 0 Å². The van der Waals surface area contributed by atoms with Gasteiger partial charge in [0.15, 0.2) is 0 Å². The molecule has 1 aromatic heterocycles. The van der Waals surface area contributed by atoms with E-state index in [1.165, 1.54) is 12.3 Å². The molecule has 0 radical (unpaired) electrons. The van der Waals surface area contributed by atoms with Crippen LogP contribution in [0.1, 0.15) is 29.6 Å². The molecule has 3 saturated heterocycles. The molecule has 80 heavy (non-hydrogen) atoms. The summed E-state index contributed by atoms with van der Waals surface area (Å²) in [7, 11) is 0. The van der Waals surface area contributed by atoms with Crippen molar-refractivity contribution in [3.05, 3.63) is 36.0 Å². The number of nitriles is 1. The third-order valence-electron chi connectivity index (χ3n) is 13.3. The molecule has 442 valence electrons. The Balaban J connectivity index is 0.856. The highest BCUT2D eigenvalue weighted by Gasteiger charge is 2.47. The number of anilines is 1. The van der Waals surface area contributed by atoms with Crippen LogP contribution in [0.15, 0.2) is 30.5 Å². The Bertz CT molecular complexity index is 2400. The third kappa shape index (κ3) is 23.2. The lowest BCUT2D eigenvalue weighted by atomic mass is 10.1. The van der Waals surface area contributed by atoms with Gasteiger partial charge in [0.1, 0.15) is 6.04 Å². The van der Waals surface area contributed by atoms with E-state index in [1.54, 1.807) is 43.9 Å². The first-order valence-electron chi connectivity index (χ1n) is 26.5. The molecule has 0 unspecified atom stereocenters. The van der Waals surface area contributed by atoms with Crippen LogP contribution in [0.4, 0.5) is 14.5 Å². The number of likely N-dealkylation sites (tertiary alicyclic amines) is 1. The maximum atomic E-state index is 13.8. The van der Waals surface area contributed by atoms with Crippen molar-refractivity contribution in [3.8, 4) is 6.07 Å². The topological polar surface area (TPSA) is 330 Å². The van der Waals surface area contributed by atoms with Gasteiger partial charge in [-0.25, -0.2) is 8.78 Å².